The second kappa shape index (κ2) is 6.03. The van der Waals surface area contributed by atoms with Crippen molar-refractivity contribution < 1.29 is 4.79 Å². The molecule has 0 amide bonds. The highest BCUT2D eigenvalue weighted by Crippen LogP contribution is 2.21. The van der Waals surface area contributed by atoms with Gasteiger partial charge < -0.3 is 4.98 Å². The zero-order valence-corrected chi connectivity index (χ0v) is 13.7. The van der Waals surface area contributed by atoms with Crippen LogP contribution in [0.4, 0.5) is 0 Å². The Balaban J connectivity index is 1.97. The third-order valence-corrected chi connectivity index (χ3v) is 4.59. The lowest BCUT2D eigenvalue weighted by molar-refractivity contribution is 0.0943. The van der Waals surface area contributed by atoms with Crippen molar-refractivity contribution in [2.45, 2.75) is 20.4 Å². The number of Topliss-reactive ketones (excluding diaryl/α,β-unsaturated/α-hetero) is 1. The average Bonchev–Trinajstić information content (AvgIpc) is 2.84. The maximum atomic E-state index is 12.2. The Kier molecular flexibility index (Phi) is 4.60. The molecule has 0 radical (unpaired) electrons. The monoisotopic (exact) mass is 340 g/mol. The van der Waals surface area contributed by atoms with Crippen molar-refractivity contribution in [3.05, 3.63) is 43.8 Å². The van der Waals surface area contributed by atoms with Gasteiger partial charge in [0.15, 0.2) is 5.78 Å². The summed E-state index contributed by atoms with van der Waals surface area (Å²) in [4.78, 5) is 18.7. The van der Waals surface area contributed by atoms with Gasteiger partial charge >= 0.3 is 0 Å². The van der Waals surface area contributed by atoms with Gasteiger partial charge in [-0.1, -0.05) is 0 Å². The molecule has 2 rings (SSSR count). The van der Waals surface area contributed by atoms with E-state index < -0.39 is 0 Å². The van der Waals surface area contributed by atoms with Gasteiger partial charge in [0.05, 0.1) is 6.54 Å². The van der Waals surface area contributed by atoms with Crippen LogP contribution in [-0.2, 0) is 6.54 Å². The van der Waals surface area contributed by atoms with Crippen molar-refractivity contribution in [2.24, 2.45) is 0 Å². The average molecular weight is 341 g/mol. The Labute approximate surface area is 125 Å². The molecule has 0 spiro atoms. The van der Waals surface area contributed by atoms with Crippen molar-refractivity contribution in [3.63, 3.8) is 0 Å². The molecule has 0 aliphatic carbocycles. The smallest absolute Gasteiger partial charge is 0.178 e. The van der Waals surface area contributed by atoms with Gasteiger partial charge in [0.2, 0.25) is 0 Å². The van der Waals surface area contributed by atoms with Crippen LogP contribution in [0.3, 0.4) is 0 Å². The number of rotatable bonds is 5. The zero-order chi connectivity index (χ0) is 14.0. The van der Waals surface area contributed by atoms with Crippen molar-refractivity contribution in [1.29, 1.82) is 0 Å². The lowest BCUT2D eigenvalue weighted by Crippen LogP contribution is -2.25. The predicted molar refractivity (Wildman–Crippen MR) is 83.0 cm³/mol. The molecule has 5 heteroatoms. The minimum absolute atomic E-state index is 0.167. The van der Waals surface area contributed by atoms with Gasteiger partial charge in [-0.3, -0.25) is 9.69 Å². The Bertz CT molecular complexity index is 588. The molecule has 3 nitrogen and oxygen atoms in total. The number of thiophene rings is 1. The number of likely N-dealkylation sites (N-methyl/N-ethyl adjacent to an activating group) is 1. The minimum atomic E-state index is 0.167. The molecule has 2 aromatic rings. The van der Waals surface area contributed by atoms with Crippen LogP contribution in [0.5, 0.6) is 0 Å². The van der Waals surface area contributed by atoms with Gasteiger partial charge in [0, 0.05) is 38.2 Å². The second-order valence-electron chi connectivity index (χ2n) is 4.82. The van der Waals surface area contributed by atoms with Crippen molar-refractivity contribution in [2.75, 3.05) is 13.6 Å². The van der Waals surface area contributed by atoms with E-state index in [1.807, 2.05) is 31.9 Å². The molecule has 0 unspecified atom stereocenters. The summed E-state index contributed by atoms with van der Waals surface area (Å²) in [5.74, 6) is 0.167. The van der Waals surface area contributed by atoms with Crippen LogP contribution in [0.15, 0.2) is 22.0 Å². The van der Waals surface area contributed by atoms with Crippen molar-refractivity contribution in [1.82, 2.24) is 9.88 Å². The lowest BCUT2D eigenvalue weighted by Gasteiger charge is -2.14. The SMILES string of the molecule is Cc1cc(C(=O)CN(C)Cc2cc(Br)cs2)c(C)[nH]1. The lowest BCUT2D eigenvalue weighted by atomic mass is 10.1. The molecule has 2 aromatic heterocycles. The highest BCUT2D eigenvalue weighted by atomic mass is 79.9. The normalized spacial score (nSPS) is 11.2. The van der Waals surface area contributed by atoms with Crippen LogP contribution in [0.2, 0.25) is 0 Å². The van der Waals surface area contributed by atoms with E-state index >= 15 is 0 Å². The molecule has 0 aliphatic heterocycles. The van der Waals surface area contributed by atoms with E-state index in [0.29, 0.717) is 6.54 Å². The van der Waals surface area contributed by atoms with Gasteiger partial charge in [0.25, 0.3) is 0 Å². The first-order valence-electron chi connectivity index (χ1n) is 6.06. The van der Waals surface area contributed by atoms with Crippen LogP contribution in [0, 0.1) is 13.8 Å². The maximum Gasteiger partial charge on any atom is 0.178 e. The van der Waals surface area contributed by atoms with Crippen molar-refractivity contribution >= 4 is 33.0 Å². The van der Waals surface area contributed by atoms with Crippen LogP contribution in [-0.4, -0.2) is 29.3 Å². The Morgan fingerprint density at radius 3 is 2.68 bits per heavy atom. The van der Waals surface area contributed by atoms with E-state index in [-0.39, 0.29) is 5.78 Å². The topological polar surface area (TPSA) is 36.1 Å². The fraction of sp³-hybridized carbons (Fsp3) is 0.357. The molecule has 0 aliphatic rings. The second-order valence-corrected chi connectivity index (χ2v) is 6.73. The van der Waals surface area contributed by atoms with E-state index in [2.05, 4.69) is 32.4 Å². The fourth-order valence-electron chi connectivity index (χ4n) is 2.10. The fourth-order valence-corrected chi connectivity index (χ4v) is 3.63. The quantitative estimate of drug-likeness (QED) is 0.841. The number of hydrogen-bond acceptors (Lipinski definition) is 3. The summed E-state index contributed by atoms with van der Waals surface area (Å²) in [7, 11) is 1.97. The molecule has 0 saturated carbocycles. The van der Waals surface area contributed by atoms with Gasteiger partial charge in [-0.25, -0.2) is 0 Å². The Hall–Kier alpha value is -0.910. The summed E-state index contributed by atoms with van der Waals surface area (Å²) in [6.07, 6.45) is 0. The summed E-state index contributed by atoms with van der Waals surface area (Å²) in [6.45, 7) is 5.14. The van der Waals surface area contributed by atoms with Crippen LogP contribution < -0.4 is 0 Å². The number of aromatic nitrogens is 1. The highest BCUT2D eigenvalue weighted by molar-refractivity contribution is 9.10. The molecule has 2 heterocycles. The number of carbonyl (C=O) groups is 1. The van der Waals surface area contributed by atoms with Gasteiger partial charge in [-0.15, -0.1) is 11.3 Å². The largest absolute Gasteiger partial charge is 0.362 e. The number of nitrogens with zero attached hydrogens (tertiary/aromatic N) is 1. The first kappa shape index (κ1) is 14.5. The van der Waals surface area contributed by atoms with Gasteiger partial charge in [-0.05, 0) is 49.0 Å². The van der Waals surface area contributed by atoms with Crippen LogP contribution in [0.25, 0.3) is 0 Å². The summed E-state index contributed by atoms with van der Waals surface area (Å²) >= 11 is 5.14. The Morgan fingerprint density at radius 1 is 1.42 bits per heavy atom. The number of halogens is 1. The van der Waals surface area contributed by atoms with Crippen LogP contribution >= 0.6 is 27.3 Å². The van der Waals surface area contributed by atoms with Gasteiger partial charge in [0.1, 0.15) is 0 Å². The number of H-pyrrole nitrogens is 1. The number of aryl methyl sites for hydroxylation is 2. The zero-order valence-electron chi connectivity index (χ0n) is 11.3. The van der Waals surface area contributed by atoms with E-state index in [1.54, 1.807) is 11.3 Å². The van der Waals surface area contributed by atoms with Gasteiger partial charge in [-0.2, -0.15) is 0 Å². The van der Waals surface area contributed by atoms with E-state index in [9.17, 15) is 4.79 Å². The summed E-state index contributed by atoms with van der Waals surface area (Å²) in [6, 6.07) is 4.02. The standard InChI is InChI=1S/C14H17BrN2OS/c1-9-4-13(10(2)16-9)14(18)7-17(3)6-12-5-11(15)8-19-12/h4-5,8,16H,6-7H2,1-3H3. The summed E-state index contributed by atoms with van der Waals surface area (Å²) in [5.41, 5.74) is 2.79. The predicted octanol–water partition coefficient (Wildman–Crippen LogP) is 3.77. The van der Waals surface area contributed by atoms with Crippen molar-refractivity contribution in [3.8, 4) is 0 Å². The number of aromatic amines is 1. The highest BCUT2D eigenvalue weighted by Gasteiger charge is 2.14. The number of ketones is 1. The molecule has 19 heavy (non-hydrogen) atoms. The maximum absolute atomic E-state index is 12.2. The molecular formula is C14H17BrN2OS. The molecule has 0 saturated heterocycles. The number of nitrogens with one attached hydrogen (secondary N) is 1. The minimum Gasteiger partial charge on any atom is -0.362 e. The third-order valence-electron chi connectivity index (χ3n) is 2.91. The van der Waals surface area contributed by atoms with E-state index in [4.69, 9.17) is 0 Å². The number of carbonyl (C=O) groups excluding carboxylic acids is 1. The summed E-state index contributed by atoms with van der Waals surface area (Å²) in [5, 5.41) is 2.06. The third kappa shape index (κ3) is 3.78. The molecule has 0 fully saturated rings. The first-order valence-corrected chi connectivity index (χ1v) is 7.74. The first-order chi connectivity index (χ1) is 8.95. The van der Waals surface area contributed by atoms with E-state index in [1.165, 1.54) is 4.88 Å². The molecule has 1 N–H and O–H groups in total. The molecule has 0 atom stereocenters. The van der Waals surface area contributed by atoms with Crippen LogP contribution in [0.1, 0.15) is 26.6 Å². The molecular weight excluding hydrogens is 324 g/mol. The Morgan fingerprint density at radius 2 is 2.16 bits per heavy atom. The molecule has 102 valence electrons. The summed E-state index contributed by atoms with van der Waals surface area (Å²) < 4.78 is 1.10. The van der Waals surface area contributed by atoms with E-state index in [0.717, 1.165) is 28.0 Å². The molecule has 0 aromatic carbocycles. The number of hydrogen-bond donors (Lipinski definition) is 1. The molecule has 0 bridgehead atoms.